The first-order chi connectivity index (χ1) is 5.74. The molecular formula is C8H10FNOS. The van der Waals surface area contributed by atoms with Crippen LogP contribution in [0.4, 0.5) is 4.39 Å². The number of carbonyl (C=O) groups is 1. The summed E-state index contributed by atoms with van der Waals surface area (Å²) in [5.41, 5.74) is 0. The van der Waals surface area contributed by atoms with Gasteiger partial charge >= 0.3 is 0 Å². The molecule has 1 rings (SSSR count). The van der Waals surface area contributed by atoms with Gasteiger partial charge in [-0.1, -0.05) is 6.07 Å². The molecule has 1 N–H and O–H groups in total. The van der Waals surface area contributed by atoms with Crippen LogP contribution in [0.5, 0.6) is 0 Å². The summed E-state index contributed by atoms with van der Waals surface area (Å²) in [5.74, 6) is -0.199. The lowest BCUT2D eigenvalue weighted by molar-refractivity contribution is 0.0938. The van der Waals surface area contributed by atoms with E-state index >= 15 is 0 Å². The van der Waals surface area contributed by atoms with E-state index in [1.165, 1.54) is 11.3 Å². The zero-order valence-corrected chi connectivity index (χ0v) is 7.53. The Morgan fingerprint density at radius 2 is 2.58 bits per heavy atom. The van der Waals surface area contributed by atoms with Gasteiger partial charge in [0.15, 0.2) is 0 Å². The third-order valence-electron chi connectivity index (χ3n) is 1.35. The second kappa shape index (κ2) is 4.21. The highest BCUT2D eigenvalue weighted by atomic mass is 32.1. The lowest BCUT2D eigenvalue weighted by atomic mass is 10.3. The van der Waals surface area contributed by atoms with Gasteiger partial charge in [-0.15, -0.1) is 11.3 Å². The van der Waals surface area contributed by atoms with E-state index in [1.54, 1.807) is 19.1 Å². The van der Waals surface area contributed by atoms with E-state index in [0.29, 0.717) is 4.88 Å². The Balaban J connectivity index is 2.50. The number of alkyl halides is 1. The molecule has 1 amide bonds. The molecule has 1 unspecified atom stereocenters. The summed E-state index contributed by atoms with van der Waals surface area (Å²) in [5, 5.41) is 4.34. The van der Waals surface area contributed by atoms with Crippen molar-refractivity contribution < 1.29 is 9.18 Å². The zero-order chi connectivity index (χ0) is 8.97. The molecular weight excluding hydrogens is 177 g/mol. The van der Waals surface area contributed by atoms with Crippen LogP contribution in [0.15, 0.2) is 17.5 Å². The van der Waals surface area contributed by atoms with Gasteiger partial charge in [0, 0.05) is 0 Å². The van der Waals surface area contributed by atoms with Gasteiger partial charge in [0.05, 0.1) is 10.9 Å². The van der Waals surface area contributed by atoms with Crippen LogP contribution in [0.2, 0.25) is 0 Å². The average Bonchev–Trinajstić information content (AvgIpc) is 2.56. The monoisotopic (exact) mass is 187 g/mol. The highest BCUT2D eigenvalue weighted by Crippen LogP contribution is 2.07. The van der Waals surface area contributed by atoms with Crippen molar-refractivity contribution in [3.05, 3.63) is 22.4 Å². The summed E-state index contributed by atoms with van der Waals surface area (Å²) in [4.78, 5) is 11.8. The largest absolute Gasteiger partial charge is 0.346 e. The van der Waals surface area contributed by atoms with E-state index < -0.39 is 12.7 Å². The first kappa shape index (κ1) is 9.19. The highest BCUT2D eigenvalue weighted by Gasteiger charge is 2.09. The molecule has 0 saturated carbocycles. The maximum Gasteiger partial charge on any atom is 0.261 e. The van der Waals surface area contributed by atoms with Crippen LogP contribution >= 0.6 is 11.3 Å². The Kier molecular flexibility index (Phi) is 3.22. The SMILES string of the molecule is CC(CF)NC(=O)c1cccs1. The molecule has 0 bridgehead atoms. The maximum absolute atomic E-state index is 12.0. The Labute approximate surface area is 74.4 Å². The number of hydrogen-bond donors (Lipinski definition) is 1. The normalized spacial score (nSPS) is 12.5. The van der Waals surface area contributed by atoms with Crippen molar-refractivity contribution in [2.75, 3.05) is 6.67 Å². The van der Waals surface area contributed by atoms with Crippen molar-refractivity contribution in [2.45, 2.75) is 13.0 Å². The molecule has 0 aromatic carbocycles. The van der Waals surface area contributed by atoms with E-state index in [1.807, 2.05) is 5.38 Å². The fourth-order valence-electron chi connectivity index (χ4n) is 0.741. The lowest BCUT2D eigenvalue weighted by Gasteiger charge is -2.07. The summed E-state index contributed by atoms with van der Waals surface area (Å²) in [7, 11) is 0. The summed E-state index contributed by atoms with van der Waals surface area (Å²) in [6.07, 6.45) is 0. The van der Waals surface area contributed by atoms with Crippen molar-refractivity contribution in [3.8, 4) is 0 Å². The number of halogens is 1. The second-order valence-corrected chi connectivity index (χ2v) is 3.45. The smallest absolute Gasteiger partial charge is 0.261 e. The average molecular weight is 187 g/mol. The standard InChI is InChI=1S/C8H10FNOS/c1-6(5-9)10-8(11)7-3-2-4-12-7/h2-4,6H,5H2,1H3,(H,10,11). The number of rotatable bonds is 3. The van der Waals surface area contributed by atoms with Gasteiger partial charge < -0.3 is 5.32 Å². The van der Waals surface area contributed by atoms with Crippen molar-refractivity contribution in [3.63, 3.8) is 0 Å². The summed E-state index contributed by atoms with van der Waals surface area (Å²) >= 11 is 1.35. The molecule has 2 nitrogen and oxygen atoms in total. The molecule has 0 fully saturated rings. The lowest BCUT2D eigenvalue weighted by Crippen LogP contribution is -2.33. The summed E-state index contributed by atoms with van der Waals surface area (Å²) in [6.45, 7) is 1.10. The molecule has 0 aliphatic carbocycles. The van der Waals surface area contributed by atoms with Gasteiger partial charge in [-0.25, -0.2) is 4.39 Å². The van der Waals surface area contributed by atoms with E-state index in [9.17, 15) is 9.18 Å². The van der Waals surface area contributed by atoms with Crippen LogP contribution in [0.1, 0.15) is 16.6 Å². The minimum Gasteiger partial charge on any atom is -0.346 e. The predicted molar refractivity (Wildman–Crippen MR) is 47.2 cm³/mol. The van der Waals surface area contributed by atoms with Gasteiger partial charge in [0.2, 0.25) is 0 Å². The second-order valence-electron chi connectivity index (χ2n) is 2.51. The van der Waals surface area contributed by atoms with Crippen LogP contribution < -0.4 is 5.32 Å². The molecule has 0 aliphatic heterocycles. The molecule has 0 radical (unpaired) electrons. The van der Waals surface area contributed by atoms with Gasteiger partial charge in [-0.2, -0.15) is 0 Å². The predicted octanol–water partition coefficient (Wildman–Crippen LogP) is 1.84. The molecule has 4 heteroatoms. The van der Waals surface area contributed by atoms with E-state index in [-0.39, 0.29) is 5.91 Å². The van der Waals surface area contributed by atoms with E-state index in [2.05, 4.69) is 5.32 Å². The number of nitrogens with one attached hydrogen (secondary N) is 1. The Hall–Kier alpha value is -0.900. The molecule has 12 heavy (non-hydrogen) atoms. The Bertz CT molecular complexity index is 248. The Morgan fingerprint density at radius 3 is 3.08 bits per heavy atom. The van der Waals surface area contributed by atoms with Crippen LogP contribution in [0, 0.1) is 0 Å². The fraction of sp³-hybridized carbons (Fsp3) is 0.375. The quantitative estimate of drug-likeness (QED) is 0.768. The number of thiophene rings is 1. The van der Waals surface area contributed by atoms with Crippen molar-refractivity contribution in [2.24, 2.45) is 0 Å². The van der Waals surface area contributed by atoms with Crippen LogP contribution in [0.25, 0.3) is 0 Å². The fourth-order valence-corrected chi connectivity index (χ4v) is 1.37. The molecule has 66 valence electrons. The van der Waals surface area contributed by atoms with Crippen LogP contribution in [-0.4, -0.2) is 18.6 Å². The molecule has 1 atom stereocenters. The molecule has 1 aromatic rings. The number of amides is 1. The first-order valence-electron chi connectivity index (χ1n) is 3.64. The Morgan fingerprint density at radius 1 is 1.83 bits per heavy atom. The van der Waals surface area contributed by atoms with Crippen molar-refractivity contribution in [1.82, 2.24) is 5.32 Å². The third-order valence-corrected chi connectivity index (χ3v) is 2.22. The van der Waals surface area contributed by atoms with Crippen molar-refractivity contribution >= 4 is 17.2 Å². The third kappa shape index (κ3) is 2.30. The van der Waals surface area contributed by atoms with Gasteiger partial charge in [0.1, 0.15) is 6.67 Å². The van der Waals surface area contributed by atoms with Crippen LogP contribution in [0.3, 0.4) is 0 Å². The van der Waals surface area contributed by atoms with Gasteiger partial charge in [0.25, 0.3) is 5.91 Å². The molecule has 0 saturated heterocycles. The van der Waals surface area contributed by atoms with Crippen molar-refractivity contribution in [1.29, 1.82) is 0 Å². The number of hydrogen-bond acceptors (Lipinski definition) is 2. The summed E-state index contributed by atoms with van der Waals surface area (Å²) in [6, 6.07) is 3.10. The topological polar surface area (TPSA) is 29.1 Å². The maximum atomic E-state index is 12.0. The minimum absolute atomic E-state index is 0.199. The zero-order valence-electron chi connectivity index (χ0n) is 6.71. The molecule has 1 heterocycles. The molecule has 0 spiro atoms. The van der Waals surface area contributed by atoms with Gasteiger partial charge in [-0.3, -0.25) is 4.79 Å². The van der Waals surface area contributed by atoms with E-state index in [0.717, 1.165) is 0 Å². The molecule has 0 aliphatic rings. The summed E-state index contributed by atoms with van der Waals surface area (Å²) < 4.78 is 12.0. The first-order valence-corrected chi connectivity index (χ1v) is 4.52. The van der Waals surface area contributed by atoms with Crippen LogP contribution in [-0.2, 0) is 0 Å². The van der Waals surface area contributed by atoms with Gasteiger partial charge in [-0.05, 0) is 18.4 Å². The van der Waals surface area contributed by atoms with E-state index in [4.69, 9.17) is 0 Å². The number of carbonyl (C=O) groups excluding carboxylic acids is 1. The molecule has 1 aromatic heterocycles. The highest BCUT2D eigenvalue weighted by molar-refractivity contribution is 7.12. The minimum atomic E-state index is -0.531.